The van der Waals surface area contributed by atoms with Crippen LogP contribution in [0.4, 0.5) is 4.79 Å². The van der Waals surface area contributed by atoms with E-state index in [4.69, 9.17) is 13.9 Å². The van der Waals surface area contributed by atoms with E-state index in [1.165, 1.54) is 11.9 Å². The highest BCUT2D eigenvalue weighted by Gasteiger charge is 2.48. The Balaban J connectivity index is 1.62. The average molecular weight is 723 g/mol. The van der Waals surface area contributed by atoms with Crippen LogP contribution in [0.2, 0.25) is 0 Å². The van der Waals surface area contributed by atoms with Crippen molar-refractivity contribution in [2.45, 2.75) is 142 Å². The number of hydrogen-bond donors (Lipinski definition) is 2. The van der Waals surface area contributed by atoms with Gasteiger partial charge in [0.15, 0.2) is 0 Å². The summed E-state index contributed by atoms with van der Waals surface area (Å²) in [6.07, 6.45) is 5.04. The average Bonchev–Trinajstić information content (AvgIpc) is 3.77. The molecule has 1 aliphatic carbocycles. The van der Waals surface area contributed by atoms with E-state index < -0.39 is 65.6 Å². The van der Waals surface area contributed by atoms with Crippen LogP contribution in [0, 0.1) is 18.8 Å². The molecule has 1 aliphatic heterocycles. The normalized spacial score (nSPS) is 20.3. The van der Waals surface area contributed by atoms with Gasteiger partial charge in [-0.25, -0.2) is 9.59 Å². The van der Waals surface area contributed by atoms with Crippen LogP contribution in [-0.4, -0.2) is 76.4 Å². The van der Waals surface area contributed by atoms with E-state index in [1.807, 2.05) is 63.2 Å². The number of nitrogens with zero attached hydrogens (tertiary/aromatic N) is 2. The third-order valence-corrected chi connectivity index (χ3v) is 10.3. The third-order valence-electron chi connectivity index (χ3n) is 10.3. The van der Waals surface area contributed by atoms with Crippen molar-refractivity contribution in [3.63, 3.8) is 0 Å². The molecule has 1 unspecified atom stereocenters. The summed E-state index contributed by atoms with van der Waals surface area (Å²) in [5.41, 5.74) is 0.0795. The van der Waals surface area contributed by atoms with E-state index in [-0.39, 0.29) is 18.4 Å². The maximum Gasteiger partial charge on any atom is 0.410 e. The first-order valence-corrected chi connectivity index (χ1v) is 18.8. The Bertz CT molecular complexity index is 1530. The molecule has 12 heteroatoms. The number of amides is 4. The van der Waals surface area contributed by atoms with E-state index in [2.05, 4.69) is 10.6 Å². The lowest BCUT2D eigenvalue weighted by molar-refractivity contribution is -0.152. The van der Waals surface area contributed by atoms with Gasteiger partial charge in [0, 0.05) is 7.05 Å². The zero-order valence-corrected chi connectivity index (χ0v) is 32.1. The highest BCUT2D eigenvalue weighted by atomic mass is 16.6. The summed E-state index contributed by atoms with van der Waals surface area (Å²) in [6.45, 7) is 12.5. The minimum atomic E-state index is -0.949. The Morgan fingerprint density at radius 1 is 0.942 bits per heavy atom. The predicted octanol–water partition coefficient (Wildman–Crippen LogP) is 6.21. The summed E-state index contributed by atoms with van der Waals surface area (Å²) >= 11 is 0. The number of carbonyl (C=O) groups is 5. The van der Waals surface area contributed by atoms with Crippen molar-refractivity contribution in [2.75, 3.05) is 7.05 Å². The van der Waals surface area contributed by atoms with Crippen molar-refractivity contribution in [3.8, 4) is 0 Å². The van der Waals surface area contributed by atoms with Gasteiger partial charge in [-0.3, -0.25) is 19.3 Å². The Morgan fingerprint density at radius 3 is 2.21 bits per heavy atom. The molecule has 4 amide bonds. The number of likely N-dealkylation sites (N-methyl/N-ethyl adjacent to an activating group) is 1. The van der Waals surface area contributed by atoms with Crippen molar-refractivity contribution in [3.05, 3.63) is 59.5 Å². The first-order valence-electron chi connectivity index (χ1n) is 18.8. The number of likely N-dealkylation sites (tertiary alicyclic amines) is 1. The first-order chi connectivity index (χ1) is 24.6. The second-order valence-electron chi connectivity index (χ2n) is 15.4. The van der Waals surface area contributed by atoms with Crippen molar-refractivity contribution in [1.29, 1.82) is 0 Å². The zero-order valence-electron chi connectivity index (χ0n) is 32.1. The SMILES string of the molecule is CCC(C)[C@H](NC(=O)[C@@H]1CC[C@H](c2ccc(C)o2)N1C(=O)[C@@H](NC(=O)[C@H](C)N(C)C(=O)OC(C)(C)C)C1CCCCC1)C(=O)OCc1ccccc1. The topological polar surface area (TPSA) is 147 Å². The van der Waals surface area contributed by atoms with Gasteiger partial charge >= 0.3 is 12.1 Å². The van der Waals surface area contributed by atoms with Crippen molar-refractivity contribution in [1.82, 2.24) is 20.4 Å². The minimum absolute atomic E-state index is 0.0702. The summed E-state index contributed by atoms with van der Waals surface area (Å²) in [6, 6.07) is 8.66. The van der Waals surface area contributed by atoms with Gasteiger partial charge in [-0.1, -0.05) is 69.9 Å². The molecule has 2 heterocycles. The fraction of sp³-hybridized carbons (Fsp3) is 0.625. The number of esters is 1. The zero-order chi connectivity index (χ0) is 38.2. The molecule has 1 saturated heterocycles. The lowest BCUT2D eigenvalue weighted by Crippen LogP contribution is -2.60. The number of ether oxygens (including phenoxy) is 2. The fourth-order valence-corrected chi connectivity index (χ4v) is 6.98. The molecular weight excluding hydrogens is 664 g/mol. The van der Waals surface area contributed by atoms with Crippen LogP contribution in [0.3, 0.4) is 0 Å². The maximum absolute atomic E-state index is 15.0. The molecule has 286 valence electrons. The number of furan rings is 1. The molecule has 1 saturated carbocycles. The van der Waals surface area contributed by atoms with Crippen LogP contribution in [0.1, 0.15) is 116 Å². The maximum atomic E-state index is 15.0. The standard InChI is InChI=1S/C40H58N4O8/c1-9-25(2)33(38(48)50-24-28-16-12-10-13-17-28)41-36(46)31-22-21-30(32-23-20-26(3)51-32)44(31)37(47)34(29-18-14-11-15-19-29)42-35(45)27(4)43(8)39(49)52-40(5,6)7/h10,12-13,16-17,20,23,25,27,29-31,33-34H,9,11,14-15,18-19,21-22,24H2,1-8H3,(H,41,46)(H,42,45)/t25?,27-,30+,31-,33-,34-/m0/s1. The number of benzene rings is 1. The summed E-state index contributed by atoms with van der Waals surface area (Å²) in [4.78, 5) is 72.1. The smallest absolute Gasteiger partial charge is 0.410 e. The second-order valence-corrected chi connectivity index (χ2v) is 15.4. The highest BCUT2D eigenvalue weighted by Crippen LogP contribution is 2.39. The highest BCUT2D eigenvalue weighted by molar-refractivity contribution is 5.95. The monoisotopic (exact) mass is 722 g/mol. The summed E-state index contributed by atoms with van der Waals surface area (Å²) < 4.78 is 17.2. The Kier molecular flexibility index (Phi) is 13.9. The molecule has 0 bridgehead atoms. The van der Waals surface area contributed by atoms with Crippen molar-refractivity contribution in [2.24, 2.45) is 11.8 Å². The lowest BCUT2D eigenvalue weighted by Gasteiger charge is -2.38. The van der Waals surface area contributed by atoms with Gasteiger partial charge in [0.25, 0.3) is 0 Å². The lowest BCUT2D eigenvalue weighted by atomic mass is 9.83. The van der Waals surface area contributed by atoms with Crippen molar-refractivity contribution >= 4 is 29.8 Å². The summed E-state index contributed by atoms with van der Waals surface area (Å²) in [5, 5.41) is 5.95. The minimum Gasteiger partial charge on any atom is -0.464 e. The van der Waals surface area contributed by atoms with Crippen LogP contribution in [0.25, 0.3) is 0 Å². The molecule has 0 spiro atoms. The van der Waals surface area contributed by atoms with Crippen LogP contribution in [-0.2, 0) is 35.3 Å². The molecule has 2 fully saturated rings. The Labute approximate surface area is 308 Å². The van der Waals surface area contributed by atoms with Crippen molar-refractivity contribution < 1.29 is 37.9 Å². The second kappa shape index (κ2) is 17.9. The molecule has 1 aromatic heterocycles. The molecule has 2 N–H and O–H groups in total. The third kappa shape index (κ3) is 10.4. The van der Waals surface area contributed by atoms with E-state index >= 15 is 0 Å². The molecule has 0 radical (unpaired) electrons. The van der Waals surface area contributed by atoms with Gasteiger partial charge in [-0.15, -0.1) is 0 Å². The molecule has 4 rings (SSSR count). The number of carbonyl (C=O) groups excluding carboxylic acids is 5. The largest absolute Gasteiger partial charge is 0.464 e. The van der Waals surface area contributed by atoms with Gasteiger partial charge in [0.05, 0.1) is 6.04 Å². The number of rotatable bonds is 13. The molecule has 2 aliphatic rings. The van der Waals surface area contributed by atoms with E-state index in [0.29, 0.717) is 30.8 Å². The van der Waals surface area contributed by atoms with Crippen LogP contribution in [0.5, 0.6) is 0 Å². The van der Waals surface area contributed by atoms with Gasteiger partial charge in [0.2, 0.25) is 17.7 Å². The van der Waals surface area contributed by atoms with Crippen LogP contribution in [0.15, 0.2) is 46.9 Å². The molecule has 52 heavy (non-hydrogen) atoms. The first kappa shape index (κ1) is 40.4. The van der Waals surface area contributed by atoms with E-state index in [0.717, 1.165) is 37.7 Å². The quantitative estimate of drug-likeness (QED) is 0.232. The molecule has 12 nitrogen and oxygen atoms in total. The number of nitrogens with one attached hydrogen (secondary N) is 2. The summed E-state index contributed by atoms with van der Waals surface area (Å²) in [5.74, 6) is -1.09. The van der Waals surface area contributed by atoms with Crippen LogP contribution < -0.4 is 10.6 Å². The van der Waals surface area contributed by atoms with Gasteiger partial charge < -0.3 is 29.4 Å². The number of aryl methyl sites for hydroxylation is 1. The molecule has 2 aromatic rings. The predicted molar refractivity (Wildman–Crippen MR) is 196 cm³/mol. The Morgan fingerprint density at radius 2 is 1.62 bits per heavy atom. The summed E-state index contributed by atoms with van der Waals surface area (Å²) in [7, 11) is 1.49. The van der Waals surface area contributed by atoms with Crippen LogP contribution >= 0.6 is 0 Å². The number of hydrogen-bond acceptors (Lipinski definition) is 8. The molecule has 6 atom stereocenters. The molecule has 1 aromatic carbocycles. The van der Waals surface area contributed by atoms with E-state index in [9.17, 15) is 24.0 Å². The van der Waals surface area contributed by atoms with Gasteiger partial charge in [-0.05, 0) is 89.8 Å². The fourth-order valence-electron chi connectivity index (χ4n) is 6.98. The van der Waals surface area contributed by atoms with Gasteiger partial charge in [0.1, 0.15) is 47.9 Å². The van der Waals surface area contributed by atoms with Gasteiger partial charge in [-0.2, -0.15) is 0 Å². The molecular formula is C40H58N4O8. The van der Waals surface area contributed by atoms with E-state index in [1.54, 1.807) is 32.6 Å². The Hall–Kier alpha value is -4.35.